The lowest BCUT2D eigenvalue weighted by atomic mass is 10.5. The number of benzene rings is 1. The Balaban J connectivity index is 2.04. The minimum Gasteiger partial charge on any atom is -0.480 e. The van der Waals surface area contributed by atoms with Crippen LogP contribution in [-0.2, 0) is 0 Å². The summed E-state index contributed by atoms with van der Waals surface area (Å²) in [6, 6.07) is 2.72. The first kappa shape index (κ1) is 8.34. The molecule has 0 heterocycles. The number of fused-ring (bicyclic) bond motifs is 1. The summed E-state index contributed by atoms with van der Waals surface area (Å²) >= 11 is 0. The number of ether oxygens (including phenoxy) is 1. The smallest absolute Gasteiger partial charge is 0.422 e. The second kappa shape index (κ2) is 2.37. The summed E-state index contributed by atoms with van der Waals surface area (Å²) in [6.07, 6.45) is -4.43. The Morgan fingerprint density at radius 1 is 1.23 bits per heavy atom. The van der Waals surface area contributed by atoms with Crippen molar-refractivity contribution in [2.45, 2.75) is 6.18 Å². The Morgan fingerprint density at radius 2 is 1.92 bits per heavy atom. The van der Waals surface area contributed by atoms with Gasteiger partial charge >= 0.3 is 6.18 Å². The Kier molecular flexibility index (Phi) is 1.52. The fourth-order valence-corrected chi connectivity index (χ4v) is 1.07. The molecule has 0 radical (unpaired) electrons. The van der Waals surface area contributed by atoms with Crippen molar-refractivity contribution >= 4 is 0 Å². The molecule has 0 unspecified atom stereocenters. The third kappa shape index (κ3) is 1.59. The van der Waals surface area contributed by atoms with E-state index in [1.54, 1.807) is 6.07 Å². The molecule has 2 aliphatic carbocycles. The lowest BCUT2D eigenvalue weighted by molar-refractivity contribution is -0.153. The molecular weight excluding hydrogens is 188 g/mol. The molecule has 70 valence electrons. The van der Waals surface area contributed by atoms with Gasteiger partial charge in [-0.3, -0.25) is 0 Å². The van der Waals surface area contributed by atoms with Crippen molar-refractivity contribution in [1.82, 2.24) is 0 Å². The van der Waals surface area contributed by atoms with Crippen molar-refractivity contribution in [1.29, 1.82) is 0 Å². The van der Waals surface area contributed by atoms with Gasteiger partial charge in [0, 0.05) is 5.56 Å². The zero-order valence-electron chi connectivity index (χ0n) is 6.28. The minimum atomic E-state index is -4.43. The van der Waals surface area contributed by atoms with Gasteiger partial charge < -0.3 is 4.74 Å². The molecule has 13 heavy (non-hydrogen) atoms. The molecule has 0 amide bonds. The molecule has 2 aliphatic rings. The normalized spacial score (nSPS) is 12.9. The van der Waals surface area contributed by atoms with Gasteiger partial charge in [0.15, 0.2) is 18.2 Å². The van der Waals surface area contributed by atoms with E-state index >= 15 is 0 Å². The van der Waals surface area contributed by atoms with Crippen LogP contribution in [-0.4, -0.2) is 12.8 Å². The second-order valence-corrected chi connectivity index (χ2v) is 2.74. The topological polar surface area (TPSA) is 9.23 Å². The molecule has 0 aromatic carbocycles. The highest BCUT2D eigenvalue weighted by atomic mass is 19.4. The molecule has 0 aromatic heterocycles. The fourth-order valence-electron chi connectivity index (χ4n) is 1.07. The van der Waals surface area contributed by atoms with E-state index in [2.05, 4.69) is 4.74 Å². The molecule has 5 heteroatoms. The number of alkyl halides is 3. The highest BCUT2D eigenvalue weighted by Crippen LogP contribution is 2.46. The minimum absolute atomic E-state index is 0.285. The van der Waals surface area contributed by atoms with E-state index in [-0.39, 0.29) is 5.75 Å². The maximum Gasteiger partial charge on any atom is 0.422 e. The van der Waals surface area contributed by atoms with Gasteiger partial charge in [0.05, 0.1) is 0 Å². The van der Waals surface area contributed by atoms with E-state index in [1.165, 1.54) is 0 Å². The van der Waals surface area contributed by atoms with Gasteiger partial charge in [-0.25, -0.2) is 4.39 Å². The van der Waals surface area contributed by atoms with E-state index in [1.807, 2.05) is 0 Å². The first-order chi connectivity index (χ1) is 5.97. The average Bonchev–Trinajstić information content (AvgIpc) is 2.60. The lowest BCUT2D eigenvalue weighted by Gasteiger charge is -2.07. The predicted octanol–water partition coefficient (Wildman–Crippen LogP) is 2.75. The van der Waals surface area contributed by atoms with Crippen LogP contribution < -0.4 is 4.74 Å². The quantitative estimate of drug-likeness (QED) is 0.664. The summed E-state index contributed by atoms with van der Waals surface area (Å²) in [5.74, 6) is -1.01. The SMILES string of the molecule is Fc1cc2cc-2c1OCC(F)(F)F. The Hall–Kier alpha value is -1.26. The third-order valence-electron chi connectivity index (χ3n) is 1.65. The van der Waals surface area contributed by atoms with E-state index < -0.39 is 18.6 Å². The molecule has 0 fully saturated rings. The van der Waals surface area contributed by atoms with Crippen LogP contribution in [0.25, 0.3) is 11.1 Å². The van der Waals surface area contributed by atoms with Crippen molar-refractivity contribution in [2.24, 2.45) is 0 Å². The molecule has 1 nitrogen and oxygen atoms in total. The summed E-state index contributed by atoms with van der Waals surface area (Å²) < 4.78 is 52.0. The highest BCUT2D eigenvalue weighted by Gasteiger charge is 2.32. The number of rotatable bonds is 2. The summed E-state index contributed by atoms with van der Waals surface area (Å²) in [4.78, 5) is 0. The molecule has 0 atom stereocenters. The maximum absolute atomic E-state index is 12.7. The van der Waals surface area contributed by atoms with Gasteiger partial charge in [0.2, 0.25) is 0 Å². The first-order valence-electron chi connectivity index (χ1n) is 3.51. The Morgan fingerprint density at radius 3 is 2.38 bits per heavy atom. The van der Waals surface area contributed by atoms with E-state index in [0.29, 0.717) is 11.1 Å². The molecular formula is C8H4F4O. The molecule has 0 bridgehead atoms. The largest absolute Gasteiger partial charge is 0.480 e. The van der Waals surface area contributed by atoms with Gasteiger partial charge in [-0.05, 0) is 17.7 Å². The molecule has 0 N–H and O–H groups in total. The second-order valence-electron chi connectivity index (χ2n) is 2.74. The van der Waals surface area contributed by atoms with Gasteiger partial charge in [-0.2, -0.15) is 13.2 Å². The van der Waals surface area contributed by atoms with Crippen molar-refractivity contribution in [2.75, 3.05) is 6.61 Å². The van der Waals surface area contributed by atoms with E-state index in [4.69, 9.17) is 0 Å². The monoisotopic (exact) mass is 192 g/mol. The molecule has 2 rings (SSSR count). The van der Waals surface area contributed by atoms with Crippen molar-refractivity contribution in [3.63, 3.8) is 0 Å². The third-order valence-corrected chi connectivity index (χ3v) is 1.65. The van der Waals surface area contributed by atoms with E-state index in [9.17, 15) is 17.6 Å². The Bertz CT molecular complexity index is 356. The predicted molar refractivity (Wildman–Crippen MR) is 36.9 cm³/mol. The van der Waals surface area contributed by atoms with Gasteiger partial charge in [-0.15, -0.1) is 0 Å². The first-order valence-corrected chi connectivity index (χ1v) is 3.51. The van der Waals surface area contributed by atoms with Gasteiger partial charge in [-0.1, -0.05) is 0 Å². The molecule has 0 saturated carbocycles. The zero-order chi connectivity index (χ0) is 9.64. The number of hydrogen-bond donors (Lipinski definition) is 0. The fraction of sp³-hybridized carbons (Fsp3) is 0.250. The molecule has 0 aliphatic heterocycles. The van der Waals surface area contributed by atoms with Crippen LogP contribution in [0.4, 0.5) is 17.6 Å². The lowest BCUT2D eigenvalue weighted by Crippen LogP contribution is -2.19. The van der Waals surface area contributed by atoms with Crippen LogP contribution >= 0.6 is 0 Å². The average molecular weight is 192 g/mol. The molecule has 0 aromatic rings. The molecule has 0 saturated heterocycles. The van der Waals surface area contributed by atoms with Crippen LogP contribution in [0.2, 0.25) is 0 Å². The summed E-state index contributed by atoms with van der Waals surface area (Å²) in [6.45, 7) is -1.45. The van der Waals surface area contributed by atoms with E-state index in [0.717, 1.165) is 6.07 Å². The van der Waals surface area contributed by atoms with Crippen molar-refractivity contribution in [3.8, 4) is 16.9 Å². The van der Waals surface area contributed by atoms with Gasteiger partial charge in [0.25, 0.3) is 0 Å². The summed E-state index contributed by atoms with van der Waals surface area (Å²) in [5.41, 5.74) is 1.07. The number of halogens is 4. The van der Waals surface area contributed by atoms with Crippen LogP contribution in [0.15, 0.2) is 12.1 Å². The van der Waals surface area contributed by atoms with Gasteiger partial charge in [0.1, 0.15) is 0 Å². The van der Waals surface area contributed by atoms with Crippen molar-refractivity contribution in [3.05, 3.63) is 17.9 Å². The van der Waals surface area contributed by atoms with Crippen LogP contribution in [0.1, 0.15) is 0 Å². The van der Waals surface area contributed by atoms with Crippen LogP contribution in [0.3, 0.4) is 0 Å². The standard InChI is InChI=1S/C8H4F4O/c9-6-2-4-1-5(4)7(6)13-3-8(10,11)12/h1-2H,3H2. The zero-order valence-corrected chi connectivity index (χ0v) is 6.28. The summed E-state index contributed by atoms with van der Waals surface area (Å²) in [5, 5.41) is 0. The Labute approximate surface area is 70.9 Å². The van der Waals surface area contributed by atoms with Crippen molar-refractivity contribution < 1.29 is 22.3 Å². The maximum atomic E-state index is 12.7. The van der Waals surface area contributed by atoms with Crippen LogP contribution in [0.5, 0.6) is 5.75 Å². The molecule has 0 spiro atoms. The summed E-state index contributed by atoms with van der Waals surface area (Å²) in [7, 11) is 0. The highest BCUT2D eigenvalue weighted by molar-refractivity contribution is 5.87. The van der Waals surface area contributed by atoms with Crippen LogP contribution in [0, 0.1) is 5.82 Å². The number of hydrogen-bond acceptors (Lipinski definition) is 1.